The van der Waals surface area contributed by atoms with Crippen molar-refractivity contribution in [3.05, 3.63) is 0 Å². The van der Waals surface area contributed by atoms with Crippen LogP contribution in [0.1, 0.15) is 33.6 Å². The fraction of sp³-hybridized carbons (Fsp3) is 0.846. The van der Waals surface area contributed by atoms with Crippen LogP contribution in [0.3, 0.4) is 0 Å². The molecular weight excluding hydrogens is 234 g/mol. The number of hydrogen-bond donors (Lipinski definition) is 0. The lowest BCUT2D eigenvalue weighted by Gasteiger charge is -2.34. The normalized spacial score (nSPS) is 22.3. The van der Waals surface area contributed by atoms with Crippen LogP contribution in [-0.2, 0) is 19.1 Å². The number of nitrogens with zero attached hydrogens (tertiary/aromatic N) is 1. The highest BCUT2D eigenvalue weighted by atomic mass is 16.5. The molecule has 0 aromatic carbocycles. The predicted octanol–water partition coefficient (Wildman–Crippen LogP) is 1.21. The van der Waals surface area contributed by atoms with E-state index in [-0.39, 0.29) is 23.9 Å². The van der Waals surface area contributed by atoms with Crippen molar-refractivity contribution in [2.75, 3.05) is 26.3 Å². The summed E-state index contributed by atoms with van der Waals surface area (Å²) >= 11 is 0. The van der Waals surface area contributed by atoms with E-state index >= 15 is 0 Å². The van der Waals surface area contributed by atoms with Crippen LogP contribution in [0.4, 0.5) is 0 Å². The minimum atomic E-state index is -0.290. The van der Waals surface area contributed by atoms with E-state index in [9.17, 15) is 9.59 Å². The Morgan fingerprint density at radius 1 is 1.28 bits per heavy atom. The minimum absolute atomic E-state index is 0.115. The zero-order chi connectivity index (χ0) is 13.5. The average molecular weight is 257 g/mol. The molecule has 1 unspecified atom stereocenters. The number of carbonyl (C=O) groups is 2. The van der Waals surface area contributed by atoms with E-state index in [0.717, 1.165) is 19.4 Å². The molecule has 5 nitrogen and oxygen atoms in total. The van der Waals surface area contributed by atoms with Crippen molar-refractivity contribution in [1.29, 1.82) is 0 Å². The Morgan fingerprint density at radius 3 is 2.56 bits per heavy atom. The van der Waals surface area contributed by atoms with Crippen molar-refractivity contribution in [3.8, 4) is 0 Å². The number of hydrogen-bond acceptors (Lipinski definition) is 5. The summed E-state index contributed by atoms with van der Waals surface area (Å²) in [5.41, 5.74) is 0. The molecule has 0 aliphatic carbocycles. The summed E-state index contributed by atoms with van der Waals surface area (Å²) < 4.78 is 10.0. The molecule has 0 amide bonds. The number of ether oxygens (including phenoxy) is 2. The third-order valence-corrected chi connectivity index (χ3v) is 3.25. The smallest absolute Gasteiger partial charge is 0.323 e. The Morgan fingerprint density at radius 2 is 1.94 bits per heavy atom. The van der Waals surface area contributed by atoms with Gasteiger partial charge < -0.3 is 9.47 Å². The van der Waals surface area contributed by atoms with Gasteiger partial charge in [-0.3, -0.25) is 14.5 Å². The molecule has 1 fully saturated rings. The summed E-state index contributed by atoms with van der Waals surface area (Å²) in [6.07, 6.45) is 1.75. The van der Waals surface area contributed by atoms with Crippen LogP contribution >= 0.6 is 0 Å². The highest BCUT2D eigenvalue weighted by Gasteiger charge is 2.31. The maximum absolute atomic E-state index is 11.7. The zero-order valence-electron chi connectivity index (χ0n) is 11.5. The van der Waals surface area contributed by atoms with E-state index < -0.39 is 0 Å². The molecule has 0 N–H and O–H groups in total. The lowest BCUT2D eigenvalue weighted by atomic mass is 9.97. The number of carbonyl (C=O) groups excluding carboxylic acids is 2. The number of esters is 2. The van der Waals surface area contributed by atoms with Crippen molar-refractivity contribution >= 4 is 11.9 Å². The first kappa shape index (κ1) is 15.0. The quantitative estimate of drug-likeness (QED) is 0.693. The molecule has 1 aliphatic heterocycles. The molecule has 0 aromatic heterocycles. The summed E-state index contributed by atoms with van der Waals surface area (Å²) in [7, 11) is 0. The minimum Gasteiger partial charge on any atom is -0.466 e. The summed E-state index contributed by atoms with van der Waals surface area (Å²) in [5.74, 6) is -0.490. The number of rotatable bonds is 5. The Labute approximate surface area is 108 Å². The van der Waals surface area contributed by atoms with Crippen molar-refractivity contribution < 1.29 is 19.1 Å². The van der Waals surface area contributed by atoms with Gasteiger partial charge in [0.1, 0.15) is 6.04 Å². The number of piperidine rings is 1. The summed E-state index contributed by atoms with van der Waals surface area (Å²) in [4.78, 5) is 25.4. The summed E-state index contributed by atoms with van der Waals surface area (Å²) in [6.45, 7) is 7.63. The van der Waals surface area contributed by atoms with E-state index in [2.05, 4.69) is 0 Å². The van der Waals surface area contributed by atoms with Crippen molar-refractivity contribution in [2.45, 2.75) is 39.7 Å². The van der Waals surface area contributed by atoms with Crippen LogP contribution in [0, 0.1) is 5.92 Å². The van der Waals surface area contributed by atoms with Crippen molar-refractivity contribution in [2.24, 2.45) is 5.92 Å². The Bertz CT molecular complexity index is 277. The lowest BCUT2D eigenvalue weighted by Crippen LogP contribution is -2.47. The summed E-state index contributed by atoms with van der Waals surface area (Å²) in [5, 5.41) is 0. The van der Waals surface area contributed by atoms with Gasteiger partial charge in [-0.1, -0.05) is 0 Å². The maximum Gasteiger partial charge on any atom is 0.323 e. The Kier molecular flexibility index (Phi) is 6.12. The van der Waals surface area contributed by atoms with Crippen molar-refractivity contribution in [3.63, 3.8) is 0 Å². The molecule has 1 rings (SSSR count). The van der Waals surface area contributed by atoms with Gasteiger partial charge in [0.15, 0.2) is 0 Å². The first-order valence-electron chi connectivity index (χ1n) is 6.67. The molecule has 104 valence electrons. The van der Waals surface area contributed by atoms with Gasteiger partial charge in [-0.25, -0.2) is 0 Å². The third-order valence-electron chi connectivity index (χ3n) is 3.25. The van der Waals surface area contributed by atoms with Crippen LogP contribution in [-0.4, -0.2) is 49.2 Å². The average Bonchev–Trinajstić information content (AvgIpc) is 2.38. The third kappa shape index (κ3) is 3.98. The first-order chi connectivity index (χ1) is 8.60. The second-order valence-corrected chi connectivity index (χ2v) is 4.51. The van der Waals surface area contributed by atoms with Gasteiger partial charge in [-0.05, 0) is 40.2 Å². The first-order valence-corrected chi connectivity index (χ1v) is 6.67. The SMILES string of the molecule is CCOC(=O)C(C)N1CCC[C@H](C(=O)OCC)C1. The van der Waals surface area contributed by atoms with E-state index in [4.69, 9.17) is 9.47 Å². The predicted molar refractivity (Wildman–Crippen MR) is 67.0 cm³/mol. The maximum atomic E-state index is 11.7. The fourth-order valence-electron chi connectivity index (χ4n) is 2.22. The standard InChI is InChI=1S/C13H23NO4/c1-4-17-12(15)10(3)14-8-6-7-11(9-14)13(16)18-5-2/h10-11H,4-9H2,1-3H3/t10?,11-/m0/s1. The molecule has 1 heterocycles. The zero-order valence-corrected chi connectivity index (χ0v) is 11.5. The molecule has 0 spiro atoms. The van der Waals surface area contributed by atoms with Crippen LogP contribution in [0.5, 0.6) is 0 Å². The molecule has 18 heavy (non-hydrogen) atoms. The highest BCUT2D eigenvalue weighted by Crippen LogP contribution is 2.20. The topological polar surface area (TPSA) is 55.8 Å². The van der Waals surface area contributed by atoms with Crippen LogP contribution in [0.15, 0.2) is 0 Å². The molecule has 2 atom stereocenters. The summed E-state index contributed by atoms with van der Waals surface area (Å²) in [6, 6.07) is -0.290. The molecule has 0 bridgehead atoms. The van der Waals surface area contributed by atoms with Gasteiger partial charge in [-0.15, -0.1) is 0 Å². The molecule has 0 aromatic rings. The molecular formula is C13H23NO4. The molecule has 1 aliphatic rings. The van der Waals surface area contributed by atoms with Gasteiger partial charge in [-0.2, -0.15) is 0 Å². The van der Waals surface area contributed by atoms with E-state index in [1.165, 1.54) is 0 Å². The van der Waals surface area contributed by atoms with Gasteiger partial charge in [0.2, 0.25) is 0 Å². The van der Waals surface area contributed by atoms with Gasteiger partial charge in [0, 0.05) is 6.54 Å². The van der Waals surface area contributed by atoms with Crippen LogP contribution in [0.2, 0.25) is 0 Å². The van der Waals surface area contributed by atoms with Crippen LogP contribution < -0.4 is 0 Å². The molecule has 0 radical (unpaired) electrons. The van der Waals surface area contributed by atoms with Crippen LogP contribution in [0.25, 0.3) is 0 Å². The van der Waals surface area contributed by atoms with Crippen molar-refractivity contribution in [1.82, 2.24) is 4.90 Å². The second-order valence-electron chi connectivity index (χ2n) is 4.51. The number of likely N-dealkylation sites (tertiary alicyclic amines) is 1. The second kappa shape index (κ2) is 7.36. The van der Waals surface area contributed by atoms with Gasteiger partial charge >= 0.3 is 11.9 Å². The largest absolute Gasteiger partial charge is 0.466 e. The molecule has 5 heteroatoms. The highest BCUT2D eigenvalue weighted by molar-refractivity contribution is 5.76. The van der Waals surface area contributed by atoms with E-state index in [1.807, 2.05) is 11.8 Å². The van der Waals surface area contributed by atoms with Gasteiger partial charge in [0.05, 0.1) is 19.1 Å². The Balaban J connectivity index is 2.52. The fourth-order valence-corrected chi connectivity index (χ4v) is 2.22. The van der Waals surface area contributed by atoms with E-state index in [0.29, 0.717) is 19.8 Å². The molecule has 1 saturated heterocycles. The monoisotopic (exact) mass is 257 g/mol. The van der Waals surface area contributed by atoms with E-state index in [1.54, 1.807) is 13.8 Å². The lowest BCUT2D eigenvalue weighted by molar-refractivity contribution is -0.155. The molecule has 0 saturated carbocycles. The van der Waals surface area contributed by atoms with Gasteiger partial charge in [0.25, 0.3) is 0 Å². The Hall–Kier alpha value is -1.10.